The SMILES string of the molecule is c1ccc(-c2ccc(-c3nc4ccccc4nc3-c3cccc(-c4cccc5cc6c(cc45)oc4ccccc46)c3)cc2)cc1. The summed E-state index contributed by atoms with van der Waals surface area (Å²) in [4.78, 5) is 10.3. The van der Waals surface area contributed by atoms with E-state index in [9.17, 15) is 0 Å². The maximum Gasteiger partial charge on any atom is 0.136 e. The smallest absolute Gasteiger partial charge is 0.136 e. The number of nitrogens with zero attached hydrogens (tertiary/aromatic N) is 2. The molecule has 9 rings (SSSR count). The minimum atomic E-state index is 0.864. The number of hydrogen-bond donors (Lipinski definition) is 0. The molecule has 0 spiro atoms. The summed E-state index contributed by atoms with van der Waals surface area (Å²) in [5.74, 6) is 0. The second-order valence-corrected chi connectivity index (χ2v) is 11.4. The van der Waals surface area contributed by atoms with E-state index in [1.165, 1.54) is 16.5 Å². The Morgan fingerprint density at radius 2 is 0.978 bits per heavy atom. The second kappa shape index (κ2) is 10.3. The Labute approximate surface area is 260 Å². The van der Waals surface area contributed by atoms with Crippen LogP contribution in [-0.2, 0) is 0 Å². The molecule has 0 aliphatic heterocycles. The number of aromatic nitrogens is 2. The van der Waals surface area contributed by atoms with Gasteiger partial charge in [0.15, 0.2) is 0 Å². The molecule has 9 aromatic rings. The molecule has 3 nitrogen and oxygen atoms in total. The van der Waals surface area contributed by atoms with E-state index in [0.717, 1.165) is 72.0 Å². The molecule has 0 saturated heterocycles. The summed E-state index contributed by atoms with van der Waals surface area (Å²) in [6.07, 6.45) is 0. The minimum absolute atomic E-state index is 0.864. The average molecular weight is 575 g/mol. The van der Waals surface area contributed by atoms with Crippen molar-refractivity contribution in [2.45, 2.75) is 0 Å². The van der Waals surface area contributed by atoms with E-state index in [-0.39, 0.29) is 0 Å². The van der Waals surface area contributed by atoms with Crippen LogP contribution in [0.2, 0.25) is 0 Å². The van der Waals surface area contributed by atoms with Gasteiger partial charge in [-0.3, -0.25) is 0 Å². The number of benzene rings is 7. The molecule has 0 fully saturated rings. The summed E-state index contributed by atoms with van der Waals surface area (Å²) in [7, 11) is 0. The quantitative estimate of drug-likeness (QED) is 0.210. The first-order valence-electron chi connectivity index (χ1n) is 15.2. The van der Waals surface area contributed by atoms with E-state index >= 15 is 0 Å². The lowest BCUT2D eigenvalue weighted by molar-refractivity contribution is 0.669. The van der Waals surface area contributed by atoms with Gasteiger partial charge in [-0.2, -0.15) is 0 Å². The summed E-state index contributed by atoms with van der Waals surface area (Å²) in [6, 6.07) is 55.0. The first kappa shape index (κ1) is 25.4. The van der Waals surface area contributed by atoms with Crippen molar-refractivity contribution in [3.63, 3.8) is 0 Å². The molecule has 2 aromatic heterocycles. The normalized spacial score (nSPS) is 11.6. The van der Waals surface area contributed by atoms with Crippen LogP contribution in [-0.4, -0.2) is 9.97 Å². The number of rotatable bonds is 4. The highest BCUT2D eigenvalue weighted by atomic mass is 16.3. The molecule has 0 atom stereocenters. The Hall–Kier alpha value is -6.06. The Bertz CT molecular complexity index is 2530. The van der Waals surface area contributed by atoms with Crippen molar-refractivity contribution in [3.8, 4) is 44.8 Å². The second-order valence-electron chi connectivity index (χ2n) is 11.4. The molecule has 7 aromatic carbocycles. The number of hydrogen-bond acceptors (Lipinski definition) is 3. The molecule has 0 bridgehead atoms. The molecular weight excluding hydrogens is 548 g/mol. The van der Waals surface area contributed by atoms with Gasteiger partial charge in [0, 0.05) is 21.9 Å². The third-order valence-corrected chi connectivity index (χ3v) is 8.66. The van der Waals surface area contributed by atoms with Crippen LogP contribution in [0.25, 0.3) is 88.5 Å². The van der Waals surface area contributed by atoms with Crippen molar-refractivity contribution < 1.29 is 4.42 Å². The highest BCUT2D eigenvalue weighted by molar-refractivity contribution is 6.12. The largest absolute Gasteiger partial charge is 0.456 e. The Kier molecular flexibility index (Phi) is 5.82. The first-order chi connectivity index (χ1) is 22.3. The molecular formula is C42H26N2O. The van der Waals surface area contributed by atoms with Crippen molar-refractivity contribution in [1.82, 2.24) is 9.97 Å². The van der Waals surface area contributed by atoms with Crippen LogP contribution >= 0.6 is 0 Å². The number of fused-ring (bicyclic) bond motifs is 5. The van der Waals surface area contributed by atoms with Gasteiger partial charge in [0.05, 0.1) is 22.4 Å². The van der Waals surface area contributed by atoms with Crippen LogP contribution in [0.3, 0.4) is 0 Å². The Morgan fingerprint density at radius 3 is 1.80 bits per heavy atom. The summed E-state index contributed by atoms with van der Waals surface area (Å²) >= 11 is 0. The molecule has 0 unspecified atom stereocenters. The molecule has 0 aliphatic carbocycles. The topological polar surface area (TPSA) is 38.9 Å². The van der Waals surface area contributed by atoms with Gasteiger partial charge in [-0.05, 0) is 69.4 Å². The first-order valence-corrected chi connectivity index (χ1v) is 15.2. The predicted molar refractivity (Wildman–Crippen MR) is 186 cm³/mol. The molecule has 0 amide bonds. The Balaban J connectivity index is 1.20. The maximum atomic E-state index is 6.27. The molecule has 0 saturated carbocycles. The molecule has 0 aliphatic rings. The standard InChI is InChI=1S/C42H26N2O/c1-2-10-27(11-3-1)28-20-22-29(23-21-28)41-42(44-38-18-6-5-17-37(38)43-41)32-14-8-12-30(24-32)33-16-9-13-31-25-36-34-15-4-7-19-39(34)45-40(36)26-35(31)33/h1-26H. The molecule has 3 heteroatoms. The van der Waals surface area contributed by atoms with Crippen LogP contribution in [0.1, 0.15) is 0 Å². The maximum absolute atomic E-state index is 6.27. The summed E-state index contributed by atoms with van der Waals surface area (Å²) < 4.78 is 6.27. The monoisotopic (exact) mass is 574 g/mol. The zero-order valence-electron chi connectivity index (χ0n) is 24.3. The van der Waals surface area contributed by atoms with Crippen molar-refractivity contribution in [2.24, 2.45) is 0 Å². The fraction of sp³-hybridized carbons (Fsp3) is 0. The fourth-order valence-electron chi connectivity index (χ4n) is 6.44. The van der Waals surface area contributed by atoms with Gasteiger partial charge in [0.2, 0.25) is 0 Å². The number of para-hydroxylation sites is 3. The highest BCUT2D eigenvalue weighted by Gasteiger charge is 2.16. The van der Waals surface area contributed by atoms with Crippen LogP contribution < -0.4 is 0 Å². The van der Waals surface area contributed by atoms with E-state index in [0.29, 0.717) is 0 Å². The third kappa shape index (κ3) is 4.37. The van der Waals surface area contributed by atoms with Gasteiger partial charge in [0.25, 0.3) is 0 Å². The summed E-state index contributed by atoms with van der Waals surface area (Å²) in [5, 5.41) is 4.61. The van der Waals surface area contributed by atoms with Crippen LogP contribution in [0.4, 0.5) is 0 Å². The van der Waals surface area contributed by atoms with E-state index in [1.807, 2.05) is 42.5 Å². The molecule has 0 N–H and O–H groups in total. The molecule has 2 heterocycles. The van der Waals surface area contributed by atoms with Gasteiger partial charge in [0.1, 0.15) is 11.2 Å². The van der Waals surface area contributed by atoms with Gasteiger partial charge in [-0.15, -0.1) is 0 Å². The van der Waals surface area contributed by atoms with Crippen molar-refractivity contribution in [3.05, 3.63) is 158 Å². The van der Waals surface area contributed by atoms with Gasteiger partial charge >= 0.3 is 0 Å². The van der Waals surface area contributed by atoms with Crippen LogP contribution in [0.5, 0.6) is 0 Å². The van der Waals surface area contributed by atoms with Crippen molar-refractivity contribution in [1.29, 1.82) is 0 Å². The van der Waals surface area contributed by atoms with E-state index in [1.54, 1.807) is 0 Å². The van der Waals surface area contributed by atoms with Gasteiger partial charge < -0.3 is 4.42 Å². The number of furan rings is 1. The lowest BCUT2D eigenvalue weighted by atomic mass is 9.94. The molecule has 210 valence electrons. The third-order valence-electron chi connectivity index (χ3n) is 8.66. The highest BCUT2D eigenvalue weighted by Crippen LogP contribution is 2.38. The summed E-state index contributed by atoms with van der Waals surface area (Å²) in [5.41, 5.74) is 12.0. The fourth-order valence-corrected chi connectivity index (χ4v) is 6.44. The van der Waals surface area contributed by atoms with E-state index < -0.39 is 0 Å². The lowest BCUT2D eigenvalue weighted by Crippen LogP contribution is -1.96. The zero-order chi connectivity index (χ0) is 29.7. The van der Waals surface area contributed by atoms with Crippen molar-refractivity contribution >= 4 is 43.7 Å². The molecule has 0 radical (unpaired) electrons. The van der Waals surface area contributed by atoms with Crippen LogP contribution in [0.15, 0.2) is 162 Å². The Morgan fingerprint density at radius 1 is 0.356 bits per heavy atom. The van der Waals surface area contributed by atoms with Crippen LogP contribution in [0, 0.1) is 0 Å². The average Bonchev–Trinajstić information content (AvgIpc) is 3.48. The predicted octanol–water partition coefficient (Wildman–Crippen LogP) is 11.4. The van der Waals surface area contributed by atoms with Gasteiger partial charge in [-0.25, -0.2) is 9.97 Å². The molecule has 45 heavy (non-hydrogen) atoms. The van der Waals surface area contributed by atoms with E-state index in [2.05, 4.69) is 115 Å². The van der Waals surface area contributed by atoms with Crippen molar-refractivity contribution in [2.75, 3.05) is 0 Å². The summed E-state index contributed by atoms with van der Waals surface area (Å²) in [6.45, 7) is 0. The van der Waals surface area contributed by atoms with E-state index in [4.69, 9.17) is 14.4 Å². The lowest BCUT2D eigenvalue weighted by Gasteiger charge is -2.13. The van der Waals surface area contributed by atoms with Gasteiger partial charge in [-0.1, -0.05) is 121 Å². The minimum Gasteiger partial charge on any atom is -0.456 e. The zero-order valence-corrected chi connectivity index (χ0v) is 24.3.